The zero-order valence-corrected chi connectivity index (χ0v) is 19.3. The van der Waals surface area contributed by atoms with Crippen molar-refractivity contribution < 1.29 is 0 Å². The average molecular weight is 407 g/mol. The molecule has 2 heterocycles. The number of nitrogens with zero attached hydrogens (tertiary/aromatic N) is 2. The molecule has 3 aromatic carbocycles. The molecule has 0 aliphatic rings. The SMILES string of the molecule is CC(C)(C)c1ccc2c(c1)c1cc(C(C)(C)C)ccc1n2-c1ccc2ncccc2c1. The second-order valence-corrected chi connectivity index (χ2v) is 10.7. The number of hydrogen-bond donors (Lipinski definition) is 0. The Morgan fingerprint density at radius 2 is 1.23 bits per heavy atom. The van der Waals surface area contributed by atoms with Crippen molar-refractivity contribution in [2.75, 3.05) is 0 Å². The van der Waals surface area contributed by atoms with E-state index in [1.807, 2.05) is 12.3 Å². The van der Waals surface area contributed by atoms with Gasteiger partial charge in [0.25, 0.3) is 0 Å². The fraction of sp³-hybridized carbons (Fsp3) is 0.276. The summed E-state index contributed by atoms with van der Waals surface area (Å²) in [6, 6.07) is 24.6. The summed E-state index contributed by atoms with van der Waals surface area (Å²) in [7, 11) is 0. The molecule has 156 valence electrons. The average Bonchev–Trinajstić information content (AvgIpc) is 3.05. The van der Waals surface area contributed by atoms with Crippen LogP contribution in [0.2, 0.25) is 0 Å². The van der Waals surface area contributed by atoms with Crippen molar-refractivity contribution >= 4 is 32.7 Å². The Morgan fingerprint density at radius 3 is 1.77 bits per heavy atom. The molecule has 2 aromatic heterocycles. The van der Waals surface area contributed by atoms with Gasteiger partial charge in [0.05, 0.1) is 16.6 Å². The predicted octanol–water partition coefficient (Wildman–Crippen LogP) is 7.93. The molecule has 0 saturated carbocycles. The first-order chi connectivity index (χ1) is 14.6. The number of hydrogen-bond acceptors (Lipinski definition) is 1. The van der Waals surface area contributed by atoms with Crippen molar-refractivity contribution in [3.8, 4) is 5.69 Å². The highest BCUT2D eigenvalue weighted by molar-refractivity contribution is 6.10. The first-order valence-electron chi connectivity index (χ1n) is 11.1. The number of fused-ring (bicyclic) bond motifs is 4. The molecule has 0 radical (unpaired) electrons. The highest BCUT2D eigenvalue weighted by Gasteiger charge is 2.20. The molecule has 5 aromatic rings. The van der Waals surface area contributed by atoms with Gasteiger partial charge in [-0.25, -0.2) is 0 Å². The Labute approximate surface area is 184 Å². The van der Waals surface area contributed by atoms with E-state index < -0.39 is 0 Å². The zero-order valence-electron chi connectivity index (χ0n) is 19.3. The second-order valence-electron chi connectivity index (χ2n) is 10.7. The monoisotopic (exact) mass is 406 g/mol. The van der Waals surface area contributed by atoms with Crippen molar-refractivity contribution in [3.05, 3.63) is 84.1 Å². The Kier molecular flexibility index (Phi) is 4.27. The Hall–Kier alpha value is -3.13. The van der Waals surface area contributed by atoms with Crippen LogP contribution >= 0.6 is 0 Å². The van der Waals surface area contributed by atoms with Crippen LogP contribution in [0.1, 0.15) is 52.7 Å². The second kappa shape index (κ2) is 6.68. The molecule has 2 nitrogen and oxygen atoms in total. The van der Waals surface area contributed by atoms with Crippen molar-refractivity contribution in [1.82, 2.24) is 9.55 Å². The van der Waals surface area contributed by atoms with Crippen LogP contribution in [0.25, 0.3) is 38.4 Å². The minimum Gasteiger partial charge on any atom is -0.309 e. The molecule has 0 saturated heterocycles. The summed E-state index contributed by atoms with van der Waals surface area (Å²) >= 11 is 0. The van der Waals surface area contributed by atoms with Crippen LogP contribution in [0.5, 0.6) is 0 Å². The maximum absolute atomic E-state index is 4.50. The predicted molar refractivity (Wildman–Crippen MR) is 133 cm³/mol. The zero-order chi connectivity index (χ0) is 22.0. The van der Waals surface area contributed by atoms with E-state index in [1.54, 1.807) is 0 Å². The van der Waals surface area contributed by atoms with Crippen molar-refractivity contribution in [2.24, 2.45) is 0 Å². The number of pyridine rings is 1. The smallest absolute Gasteiger partial charge is 0.0703 e. The Morgan fingerprint density at radius 1 is 0.645 bits per heavy atom. The summed E-state index contributed by atoms with van der Waals surface area (Å²) in [5.41, 5.74) is 7.64. The van der Waals surface area contributed by atoms with E-state index in [1.165, 1.54) is 38.6 Å². The van der Waals surface area contributed by atoms with Crippen molar-refractivity contribution in [3.63, 3.8) is 0 Å². The Balaban J connectivity index is 1.88. The highest BCUT2D eigenvalue weighted by Crippen LogP contribution is 2.37. The van der Waals surface area contributed by atoms with E-state index in [0.29, 0.717) is 0 Å². The molecule has 0 aliphatic heterocycles. The molecule has 0 fully saturated rings. The first kappa shape index (κ1) is 19.8. The van der Waals surface area contributed by atoms with E-state index in [9.17, 15) is 0 Å². The van der Waals surface area contributed by atoms with E-state index in [2.05, 4.69) is 112 Å². The fourth-order valence-electron chi connectivity index (χ4n) is 4.44. The third-order valence-corrected chi connectivity index (χ3v) is 6.34. The molecule has 0 unspecified atom stereocenters. The highest BCUT2D eigenvalue weighted by atomic mass is 15.0. The van der Waals surface area contributed by atoms with Gasteiger partial charge in [-0.15, -0.1) is 0 Å². The molecule has 0 aliphatic carbocycles. The van der Waals surface area contributed by atoms with Gasteiger partial charge in [0.1, 0.15) is 0 Å². The molecule has 0 amide bonds. The lowest BCUT2D eigenvalue weighted by atomic mass is 9.85. The minimum atomic E-state index is 0.110. The molecule has 0 atom stereocenters. The maximum atomic E-state index is 4.50. The summed E-state index contributed by atoms with van der Waals surface area (Å²) in [6.45, 7) is 13.7. The molecule has 31 heavy (non-hydrogen) atoms. The topological polar surface area (TPSA) is 17.8 Å². The molecule has 2 heteroatoms. The molecule has 0 spiro atoms. The summed E-state index contributed by atoms with van der Waals surface area (Å²) in [5, 5.41) is 3.80. The lowest BCUT2D eigenvalue weighted by molar-refractivity contribution is 0.590. The molecule has 0 bridgehead atoms. The van der Waals surface area contributed by atoms with E-state index in [4.69, 9.17) is 0 Å². The van der Waals surface area contributed by atoms with Crippen LogP contribution in [-0.4, -0.2) is 9.55 Å². The maximum Gasteiger partial charge on any atom is 0.0703 e. The van der Waals surface area contributed by atoms with Crippen LogP contribution in [0, 0.1) is 0 Å². The van der Waals surface area contributed by atoms with Crippen molar-refractivity contribution in [2.45, 2.75) is 52.4 Å². The molecular formula is C29H30N2. The first-order valence-corrected chi connectivity index (χ1v) is 11.1. The molecule has 0 N–H and O–H groups in total. The van der Waals surface area contributed by atoms with Gasteiger partial charge in [-0.05, 0) is 70.5 Å². The number of aromatic nitrogens is 2. The summed E-state index contributed by atoms with van der Waals surface area (Å²) in [6.07, 6.45) is 1.85. The van der Waals surface area contributed by atoms with Gasteiger partial charge in [0.2, 0.25) is 0 Å². The normalized spacial score (nSPS) is 12.8. The fourth-order valence-corrected chi connectivity index (χ4v) is 4.44. The van der Waals surface area contributed by atoms with Crippen LogP contribution in [0.15, 0.2) is 72.9 Å². The quantitative estimate of drug-likeness (QED) is 0.276. The third kappa shape index (κ3) is 3.31. The van der Waals surface area contributed by atoms with Gasteiger partial charge in [-0.3, -0.25) is 4.98 Å². The van der Waals surface area contributed by atoms with Gasteiger partial charge in [-0.2, -0.15) is 0 Å². The van der Waals surface area contributed by atoms with Gasteiger partial charge in [0.15, 0.2) is 0 Å². The van der Waals surface area contributed by atoms with Gasteiger partial charge in [-0.1, -0.05) is 59.7 Å². The van der Waals surface area contributed by atoms with Crippen LogP contribution in [0.3, 0.4) is 0 Å². The van der Waals surface area contributed by atoms with Gasteiger partial charge in [0, 0.05) is 28.0 Å². The van der Waals surface area contributed by atoms with E-state index in [0.717, 1.165) is 10.9 Å². The molecular weight excluding hydrogens is 376 g/mol. The van der Waals surface area contributed by atoms with Crippen LogP contribution in [-0.2, 0) is 10.8 Å². The Bertz CT molecular complexity index is 1370. The minimum absolute atomic E-state index is 0.110. The number of benzene rings is 3. The lowest BCUT2D eigenvalue weighted by Gasteiger charge is -2.19. The lowest BCUT2D eigenvalue weighted by Crippen LogP contribution is -2.10. The largest absolute Gasteiger partial charge is 0.309 e. The van der Waals surface area contributed by atoms with Crippen molar-refractivity contribution in [1.29, 1.82) is 0 Å². The summed E-state index contributed by atoms with van der Waals surface area (Å²) < 4.78 is 2.40. The third-order valence-electron chi connectivity index (χ3n) is 6.34. The van der Waals surface area contributed by atoms with Gasteiger partial charge >= 0.3 is 0 Å². The summed E-state index contributed by atoms with van der Waals surface area (Å²) in [5.74, 6) is 0. The summed E-state index contributed by atoms with van der Waals surface area (Å²) in [4.78, 5) is 4.50. The van der Waals surface area contributed by atoms with E-state index >= 15 is 0 Å². The van der Waals surface area contributed by atoms with E-state index in [-0.39, 0.29) is 10.8 Å². The van der Waals surface area contributed by atoms with Gasteiger partial charge < -0.3 is 4.57 Å². The van der Waals surface area contributed by atoms with Crippen LogP contribution in [0.4, 0.5) is 0 Å². The van der Waals surface area contributed by atoms with Crippen LogP contribution < -0.4 is 0 Å². The standard InChI is InChI=1S/C29H30N2/c1-28(2,3)20-9-13-26-23(17-20)24-18-21(29(4,5)6)10-14-27(24)31(26)22-11-12-25-19(16-22)8-7-15-30-25/h7-18H,1-6H3. The molecule has 5 rings (SSSR count). The number of rotatable bonds is 1.